The Morgan fingerprint density at radius 2 is 1.93 bits per heavy atom. The number of rotatable bonds is 6. The van der Waals surface area contributed by atoms with Crippen molar-refractivity contribution in [2.75, 3.05) is 6.54 Å². The third-order valence-electron chi connectivity index (χ3n) is 4.30. The van der Waals surface area contributed by atoms with Crippen molar-refractivity contribution in [1.82, 2.24) is 5.32 Å². The van der Waals surface area contributed by atoms with E-state index in [9.17, 15) is 0 Å². The highest BCUT2D eigenvalue weighted by atomic mass is 14.9. The number of hydrogen-bond acceptors (Lipinski definition) is 1. The minimum absolute atomic E-state index is 0.742. The molecular weight excluding hydrogens is 170 g/mol. The highest BCUT2D eigenvalue weighted by Crippen LogP contribution is 2.60. The molecular formula is C13H25N. The molecule has 0 radical (unpaired) electrons. The van der Waals surface area contributed by atoms with Crippen LogP contribution in [0.4, 0.5) is 0 Å². The molecule has 0 aliphatic heterocycles. The summed E-state index contributed by atoms with van der Waals surface area (Å²) in [6.45, 7) is 8.26. The minimum atomic E-state index is 0.742. The van der Waals surface area contributed by atoms with E-state index in [2.05, 4.69) is 26.1 Å². The van der Waals surface area contributed by atoms with Crippen LogP contribution >= 0.6 is 0 Å². The zero-order chi connectivity index (χ0) is 10.2. The topological polar surface area (TPSA) is 12.0 Å². The number of hydrogen-bond donors (Lipinski definition) is 1. The monoisotopic (exact) mass is 195 g/mol. The lowest BCUT2D eigenvalue weighted by molar-refractivity contribution is 0.324. The van der Waals surface area contributed by atoms with Gasteiger partial charge in [-0.25, -0.2) is 0 Å². The van der Waals surface area contributed by atoms with Crippen LogP contribution in [0.25, 0.3) is 0 Å². The average Bonchev–Trinajstić information content (AvgIpc) is 3.00. The molecule has 0 bridgehead atoms. The van der Waals surface area contributed by atoms with Gasteiger partial charge in [0.1, 0.15) is 0 Å². The molecule has 2 aliphatic carbocycles. The lowest BCUT2D eigenvalue weighted by Gasteiger charge is -2.24. The molecule has 2 rings (SSSR count). The lowest BCUT2D eigenvalue weighted by Crippen LogP contribution is -2.37. The van der Waals surface area contributed by atoms with E-state index in [1.807, 2.05) is 0 Å². The summed E-state index contributed by atoms with van der Waals surface area (Å²) in [5.41, 5.74) is 0.766. The van der Waals surface area contributed by atoms with Crippen LogP contribution in [0.3, 0.4) is 0 Å². The van der Waals surface area contributed by atoms with Crippen molar-refractivity contribution in [2.24, 2.45) is 17.3 Å². The van der Waals surface area contributed by atoms with E-state index in [-0.39, 0.29) is 0 Å². The molecule has 0 aromatic rings. The van der Waals surface area contributed by atoms with E-state index in [0.29, 0.717) is 0 Å². The summed E-state index contributed by atoms with van der Waals surface area (Å²) in [7, 11) is 0. The third-order valence-corrected chi connectivity index (χ3v) is 4.30. The van der Waals surface area contributed by atoms with Crippen molar-refractivity contribution < 1.29 is 0 Å². The normalized spacial score (nSPS) is 26.6. The summed E-state index contributed by atoms with van der Waals surface area (Å²) in [5.74, 6) is 1.88. The summed E-state index contributed by atoms with van der Waals surface area (Å²) < 4.78 is 0. The largest absolute Gasteiger partial charge is 0.313 e. The van der Waals surface area contributed by atoms with Crippen LogP contribution in [-0.4, -0.2) is 12.6 Å². The first-order valence-electron chi connectivity index (χ1n) is 6.41. The third kappa shape index (κ3) is 2.13. The molecule has 1 nitrogen and oxygen atoms in total. The van der Waals surface area contributed by atoms with E-state index in [1.54, 1.807) is 0 Å². The second-order valence-corrected chi connectivity index (χ2v) is 5.78. The first-order valence-corrected chi connectivity index (χ1v) is 6.41. The van der Waals surface area contributed by atoms with Gasteiger partial charge in [0.2, 0.25) is 0 Å². The van der Waals surface area contributed by atoms with Crippen LogP contribution in [0.2, 0.25) is 0 Å². The van der Waals surface area contributed by atoms with Gasteiger partial charge in [0.15, 0.2) is 0 Å². The Kier molecular flexibility index (Phi) is 2.88. The first-order chi connectivity index (χ1) is 6.68. The van der Waals surface area contributed by atoms with Crippen molar-refractivity contribution in [3.8, 4) is 0 Å². The Bertz CT molecular complexity index is 189. The second kappa shape index (κ2) is 3.84. The van der Waals surface area contributed by atoms with Gasteiger partial charge in [-0.1, -0.05) is 20.8 Å². The number of nitrogens with one attached hydrogen (secondary N) is 1. The van der Waals surface area contributed by atoms with Gasteiger partial charge in [0.25, 0.3) is 0 Å². The van der Waals surface area contributed by atoms with Crippen LogP contribution < -0.4 is 5.32 Å². The summed E-state index contributed by atoms with van der Waals surface area (Å²) in [5, 5.41) is 3.79. The molecule has 2 saturated carbocycles. The van der Waals surface area contributed by atoms with Gasteiger partial charge in [0, 0.05) is 12.6 Å². The Balaban J connectivity index is 1.75. The Labute approximate surface area is 88.7 Å². The smallest absolute Gasteiger partial charge is 0.00876 e. The van der Waals surface area contributed by atoms with Crippen LogP contribution in [0.1, 0.15) is 52.9 Å². The molecule has 14 heavy (non-hydrogen) atoms. The van der Waals surface area contributed by atoms with Gasteiger partial charge >= 0.3 is 0 Å². The highest BCUT2D eigenvalue weighted by molar-refractivity contribution is 5.05. The van der Waals surface area contributed by atoms with E-state index < -0.39 is 0 Å². The standard InChI is InChI=1S/C13H25N/c1-4-12(10(2)3)14-9-13(7-8-13)11-5-6-11/h10-12,14H,4-9H2,1-3H3. The Morgan fingerprint density at radius 1 is 1.29 bits per heavy atom. The quantitative estimate of drug-likeness (QED) is 0.686. The van der Waals surface area contributed by atoms with Crippen molar-refractivity contribution >= 4 is 0 Å². The molecule has 1 unspecified atom stereocenters. The maximum Gasteiger partial charge on any atom is 0.00876 e. The minimum Gasteiger partial charge on any atom is -0.313 e. The molecule has 1 atom stereocenters. The highest BCUT2D eigenvalue weighted by Gasteiger charge is 2.53. The lowest BCUT2D eigenvalue weighted by atomic mass is 9.97. The molecule has 0 amide bonds. The van der Waals surface area contributed by atoms with Crippen LogP contribution in [0.5, 0.6) is 0 Å². The predicted octanol–water partition coefficient (Wildman–Crippen LogP) is 3.20. The molecule has 0 saturated heterocycles. The first kappa shape index (κ1) is 10.5. The summed E-state index contributed by atoms with van der Waals surface area (Å²) in [4.78, 5) is 0. The Morgan fingerprint density at radius 3 is 2.29 bits per heavy atom. The molecule has 1 N–H and O–H groups in total. The van der Waals surface area contributed by atoms with Gasteiger partial charge in [0.05, 0.1) is 0 Å². The second-order valence-electron chi connectivity index (χ2n) is 5.78. The molecule has 0 aromatic carbocycles. The molecule has 2 fully saturated rings. The fourth-order valence-corrected chi connectivity index (χ4v) is 2.77. The van der Waals surface area contributed by atoms with Crippen LogP contribution in [-0.2, 0) is 0 Å². The summed E-state index contributed by atoms with van der Waals surface area (Å²) in [6.07, 6.45) is 7.30. The molecule has 82 valence electrons. The zero-order valence-corrected chi connectivity index (χ0v) is 9.97. The maximum absolute atomic E-state index is 3.79. The van der Waals surface area contributed by atoms with Gasteiger partial charge < -0.3 is 5.32 Å². The van der Waals surface area contributed by atoms with Crippen molar-refractivity contribution in [1.29, 1.82) is 0 Å². The van der Waals surface area contributed by atoms with Gasteiger partial charge in [-0.3, -0.25) is 0 Å². The predicted molar refractivity (Wildman–Crippen MR) is 61.3 cm³/mol. The van der Waals surface area contributed by atoms with Gasteiger partial charge in [-0.2, -0.15) is 0 Å². The van der Waals surface area contributed by atoms with E-state index in [4.69, 9.17) is 0 Å². The summed E-state index contributed by atoms with van der Waals surface area (Å²) >= 11 is 0. The average molecular weight is 195 g/mol. The van der Waals surface area contributed by atoms with Crippen molar-refractivity contribution in [2.45, 2.75) is 58.9 Å². The van der Waals surface area contributed by atoms with Crippen LogP contribution in [0.15, 0.2) is 0 Å². The molecule has 0 aromatic heterocycles. The molecule has 0 spiro atoms. The van der Waals surface area contributed by atoms with Crippen LogP contribution in [0, 0.1) is 17.3 Å². The van der Waals surface area contributed by atoms with E-state index in [0.717, 1.165) is 23.3 Å². The zero-order valence-electron chi connectivity index (χ0n) is 9.97. The fourth-order valence-electron chi connectivity index (χ4n) is 2.77. The molecule has 2 aliphatic rings. The summed E-state index contributed by atoms with van der Waals surface area (Å²) in [6, 6.07) is 0.742. The van der Waals surface area contributed by atoms with Gasteiger partial charge in [-0.05, 0) is 49.4 Å². The van der Waals surface area contributed by atoms with E-state index in [1.165, 1.54) is 38.6 Å². The SMILES string of the molecule is CCC(NCC1(C2CC2)CC1)C(C)C. The van der Waals surface area contributed by atoms with E-state index >= 15 is 0 Å². The Hall–Kier alpha value is -0.0400. The molecule has 0 heterocycles. The van der Waals surface area contributed by atoms with Crippen molar-refractivity contribution in [3.05, 3.63) is 0 Å². The maximum atomic E-state index is 3.79. The molecule has 1 heteroatoms. The van der Waals surface area contributed by atoms with Crippen molar-refractivity contribution in [3.63, 3.8) is 0 Å². The van der Waals surface area contributed by atoms with Gasteiger partial charge in [-0.15, -0.1) is 0 Å². The fraction of sp³-hybridized carbons (Fsp3) is 1.00.